The van der Waals surface area contributed by atoms with Crippen LogP contribution in [0.4, 0.5) is 0 Å². The van der Waals surface area contributed by atoms with E-state index >= 15 is 0 Å². The molecule has 0 saturated heterocycles. The van der Waals surface area contributed by atoms with E-state index in [1.807, 2.05) is 23.1 Å². The van der Waals surface area contributed by atoms with Crippen molar-refractivity contribution in [1.29, 1.82) is 0 Å². The molecule has 1 aromatic carbocycles. The molecule has 1 amide bonds. The predicted molar refractivity (Wildman–Crippen MR) is 157 cm³/mol. The van der Waals surface area contributed by atoms with E-state index in [-0.39, 0.29) is 22.6 Å². The third-order valence-corrected chi connectivity index (χ3v) is 9.37. The van der Waals surface area contributed by atoms with Crippen molar-refractivity contribution >= 4 is 17.7 Å². The first kappa shape index (κ1) is 27.8. The molecule has 3 aromatic rings. The summed E-state index contributed by atoms with van der Waals surface area (Å²) in [6.07, 6.45) is 12.2. The fourth-order valence-electron chi connectivity index (χ4n) is 6.31. The van der Waals surface area contributed by atoms with Gasteiger partial charge in [-0.2, -0.15) is 0 Å². The van der Waals surface area contributed by atoms with Crippen molar-refractivity contribution in [2.75, 3.05) is 18.8 Å². The predicted octanol–water partition coefficient (Wildman–Crippen LogP) is 6.83. The van der Waals surface area contributed by atoms with Gasteiger partial charge in [-0.05, 0) is 49.8 Å². The number of thioether (sulfide) groups is 1. The van der Waals surface area contributed by atoms with Crippen molar-refractivity contribution in [1.82, 2.24) is 14.5 Å². The number of aromatic nitrogens is 2. The van der Waals surface area contributed by atoms with Crippen LogP contribution in [-0.2, 0) is 23.2 Å². The topological polar surface area (TPSA) is 68.3 Å². The van der Waals surface area contributed by atoms with E-state index in [1.165, 1.54) is 23.7 Å². The molecule has 2 aliphatic rings. The Hall–Kier alpha value is -2.80. The van der Waals surface area contributed by atoms with Crippen LogP contribution in [0.1, 0.15) is 88.5 Å². The van der Waals surface area contributed by atoms with Gasteiger partial charge < -0.3 is 9.32 Å². The summed E-state index contributed by atoms with van der Waals surface area (Å²) in [5.74, 6) is 1.10. The minimum atomic E-state index is -0.174. The van der Waals surface area contributed by atoms with E-state index in [0.717, 1.165) is 87.7 Å². The molecule has 2 aromatic heterocycles. The lowest BCUT2D eigenvalue weighted by molar-refractivity contribution is -0.128. The van der Waals surface area contributed by atoms with Crippen molar-refractivity contribution in [3.8, 4) is 11.3 Å². The van der Waals surface area contributed by atoms with Crippen LogP contribution in [0, 0.1) is 0 Å². The van der Waals surface area contributed by atoms with Crippen molar-refractivity contribution < 1.29 is 9.21 Å². The second-order valence-electron chi connectivity index (χ2n) is 11.1. The zero-order valence-electron chi connectivity index (χ0n) is 23.4. The van der Waals surface area contributed by atoms with E-state index in [4.69, 9.17) is 9.40 Å². The Kier molecular flexibility index (Phi) is 8.96. The summed E-state index contributed by atoms with van der Waals surface area (Å²) >= 11 is 1.39. The van der Waals surface area contributed by atoms with Gasteiger partial charge in [0.15, 0.2) is 5.16 Å². The van der Waals surface area contributed by atoms with Crippen LogP contribution in [0.2, 0.25) is 0 Å². The molecule has 1 spiro atoms. The van der Waals surface area contributed by atoms with E-state index in [2.05, 4.69) is 32.0 Å². The normalized spacial score (nSPS) is 15.6. The first-order valence-electron chi connectivity index (χ1n) is 14.7. The Morgan fingerprint density at radius 3 is 2.49 bits per heavy atom. The molecule has 0 unspecified atom stereocenters. The molecule has 0 aliphatic heterocycles. The molecule has 0 atom stereocenters. The van der Waals surface area contributed by atoms with Gasteiger partial charge in [-0.3, -0.25) is 14.2 Å². The number of benzene rings is 1. The van der Waals surface area contributed by atoms with Gasteiger partial charge in [-0.15, -0.1) is 0 Å². The number of hydrogen-bond acceptors (Lipinski definition) is 5. The number of carbonyl (C=O) groups excluding carboxylic acids is 1. The molecule has 2 heterocycles. The number of amides is 1. The Labute approximate surface area is 236 Å². The highest BCUT2D eigenvalue weighted by molar-refractivity contribution is 7.99. The van der Waals surface area contributed by atoms with Crippen molar-refractivity contribution in [2.24, 2.45) is 0 Å². The minimum absolute atomic E-state index is 0.0246. The monoisotopic (exact) mass is 547 g/mol. The molecule has 0 bridgehead atoms. The molecule has 0 radical (unpaired) electrons. The van der Waals surface area contributed by atoms with Crippen LogP contribution in [0.25, 0.3) is 11.3 Å². The summed E-state index contributed by atoms with van der Waals surface area (Å²) in [4.78, 5) is 35.0. The molecule has 208 valence electrons. The summed E-state index contributed by atoms with van der Waals surface area (Å²) in [5, 5.41) is 0.595. The number of rotatable bonds is 11. The molecule has 1 fully saturated rings. The standard InChI is InChI=1S/C32H41N3O3S/c1-3-5-18-34(19-6-4-2)27(36)23-39-31-33-29-26-15-9-8-13-24(26)21-32(16-10-7-11-17-32)28(29)30(37)35(31)22-25-14-12-20-38-25/h8-9,12-15,20H,3-7,10-11,16-19,21-23H2,1-2H3. The average Bonchev–Trinajstić information content (AvgIpc) is 3.47. The molecule has 6 nitrogen and oxygen atoms in total. The fraction of sp³-hybridized carbons (Fsp3) is 0.531. The number of unbranched alkanes of at least 4 members (excludes halogenated alkanes) is 2. The van der Waals surface area contributed by atoms with Gasteiger partial charge >= 0.3 is 0 Å². The number of furan rings is 1. The lowest BCUT2D eigenvalue weighted by atomic mass is 9.62. The minimum Gasteiger partial charge on any atom is -0.467 e. The summed E-state index contributed by atoms with van der Waals surface area (Å²) < 4.78 is 7.43. The SMILES string of the molecule is CCCCN(CCCC)C(=O)CSc1nc2c(c(=O)n1Cc1ccco1)C1(CCCCC1)Cc1ccccc1-2. The van der Waals surface area contributed by atoms with Crippen LogP contribution in [0.3, 0.4) is 0 Å². The Bertz CT molecular complexity index is 1320. The van der Waals surface area contributed by atoms with Crippen molar-refractivity contribution in [3.63, 3.8) is 0 Å². The Morgan fingerprint density at radius 1 is 1.05 bits per heavy atom. The first-order valence-corrected chi connectivity index (χ1v) is 15.7. The smallest absolute Gasteiger partial charge is 0.258 e. The van der Waals surface area contributed by atoms with Crippen molar-refractivity contribution in [3.05, 3.63) is 69.9 Å². The van der Waals surface area contributed by atoms with Crippen LogP contribution in [0.5, 0.6) is 0 Å². The molecule has 7 heteroatoms. The second-order valence-corrected chi connectivity index (χ2v) is 12.1. The average molecular weight is 548 g/mol. The first-order chi connectivity index (χ1) is 19.1. The zero-order chi connectivity index (χ0) is 27.2. The Morgan fingerprint density at radius 2 is 1.79 bits per heavy atom. The molecular weight excluding hydrogens is 506 g/mol. The van der Waals surface area contributed by atoms with Crippen LogP contribution in [0.15, 0.2) is 57.0 Å². The molecule has 0 N–H and O–H groups in total. The highest BCUT2D eigenvalue weighted by Crippen LogP contribution is 2.48. The van der Waals surface area contributed by atoms with Crippen LogP contribution >= 0.6 is 11.8 Å². The Balaban J connectivity index is 1.56. The van der Waals surface area contributed by atoms with Gasteiger partial charge in [-0.25, -0.2) is 4.98 Å². The number of carbonyl (C=O) groups is 1. The third-order valence-electron chi connectivity index (χ3n) is 8.41. The third kappa shape index (κ3) is 5.88. The van der Waals surface area contributed by atoms with E-state index < -0.39 is 0 Å². The van der Waals surface area contributed by atoms with E-state index in [1.54, 1.807) is 10.8 Å². The fourth-order valence-corrected chi connectivity index (χ4v) is 7.20. The highest BCUT2D eigenvalue weighted by atomic mass is 32.2. The van der Waals surface area contributed by atoms with Crippen LogP contribution < -0.4 is 5.56 Å². The largest absolute Gasteiger partial charge is 0.467 e. The maximum absolute atomic E-state index is 14.5. The summed E-state index contributed by atoms with van der Waals surface area (Å²) in [7, 11) is 0. The van der Waals surface area contributed by atoms with Crippen LogP contribution in [-0.4, -0.2) is 39.2 Å². The van der Waals surface area contributed by atoms with E-state index in [0.29, 0.717) is 17.5 Å². The second kappa shape index (κ2) is 12.6. The summed E-state index contributed by atoms with van der Waals surface area (Å²) in [6.45, 7) is 6.18. The maximum atomic E-state index is 14.5. The lowest BCUT2D eigenvalue weighted by Crippen LogP contribution is -2.43. The van der Waals surface area contributed by atoms with Gasteiger partial charge in [0.25, 0.3) is 5.56 Å². The molecule has 39 heavy (non-hydrogen) atoms. The van der Waals surface area contributed by atoms with Gasteiger partial charge in [0.2, 0.25) is 5.91 Å². The van der Waals surface area contributed by atoms with E-state index in [9.17, 15) is 9.59 Å². The lowest BCUT2D eigenvalue weighted by Gasteiger charge is -2.42. The summed E-state index contributed by atoms with van der Waals surface area (Å²) in [6, 6.07) is 12.2. The number of fused-ring (bicyclic) bond motifs is 4. The van der Waals surface area contributed by atoms with Gasteiger partial charge in [0.1, 0.15) is 5.76 Å². The highest BCUT2D eigenvalue weighted by Gasteiger charge is 2.43. The van der Waals surface area contributed by atoms with Gasteiger partial charge in [0.05, 0.1) is 29.8 Å². The molecule has 1 saturated carbocycles. The molecule has 2 aliphatic carbocycles. The molecule has 5 rings (SSSR count). The summed E-state index contributed by atoms with van der Waals surface area (Å²) in [5.41, 5.74) is 3.88. The van der Waals surface area contributed by atoms with Gasteiger partial charge in [-0.1, -0.05) is 82.0 Å². The maximum Gasteiger partial charge on any atom is 0.258 e. The number of hydrogen-bond donors (Lipinski definition) is 0. The number of nitrogens with zero attached hydrogens (tertiary/aromatic N) is 3. The zero-order valence-corrected chi connectivity index (χ0v) is 24.2. The quantitative estimate of drug-likeness (QED) is 0.194. The van der Waals surface area contributed by atoms with Gasteiger partial charge in [0, 0.05) is 24.1 Å². The molecular formula is C32H41N3O3S. The van der Waals surface area contributed by atoms with Crippen molar-refractivity contribution in [2.45, 2.75) is 95.2 Å².